The van der Waals surface area contributed by atoms with Gasteiger partial charge in [-0.3, -0.25) is 9.59 Å². The SMILES string of the molecule is CC/C=C\C/C=C\C/C=C\C/C=C\C/C=C\C/C=C\C/C=C\CCCCCCCCCCCCCCCCCCCCCC(=O)OC(CO)COC(=O)CCCCCCCCCCCCCCCCCCCCCC/C=C\C/C=C\C/C=C\C/C=C\C/C=C\C/C=C\CC. The molecule has 0 amide bonds. The Hall–Kier alpha value is -4.48. The van der Waals surface area contributed by atoms with Gasteiger partial charge in [-0.2, -0.15) is 0 Å². The average Bonchev–Trinajstić information content (AvgIpc) is 3.77. The summed E-state index contributed by atoms with van der Waals surface area (Å²) in [7, 11) is 0. The van der Waals surface area contributed by atoms with E-state index in [1.54, 1.807) is 0 Å². The number of allylic oxidation sites excluding steroid dienone is 26. The number of aliphatic hydroxyl groups excluding tert-OH is 1. The highest BCUT2D eigenvalue weighted by Crippen LogP contribution is 2.19. The summed E-state index contributed by atoms with van der Waals surface area (Å²) in [6, 6.07) is 0. The molecule has 0 saturated carbocycles. The smallest absolute Gasteiger partial charge is 0.306 e. The largest absolute Gasteiger partial charge is 0.462 e. The number of carbonyl (C=O) groups excluding carboxylic acids is 2. The second-order valence-electron chi connectivity index (χ2n) is 26.4. The summed E-state index contributed by atoms with van der Waals surface area (Å²) < 4.78 is 10.8. The van der Waals surface area contributed by atoms with E-state index in [2.05, 4.69) is 172 Å². The van der Waals surface area contributed by atoms with E-state index in [0.717, 1.165) is 122 Å². The van der Waals surface area contributed by atoms with Crippen LogP contribution in [0.5, 0.6) is 0 Å². The first kappa shape index (κ1) is 89.5. The zero-order chi connectivity index (χ0) is 67.5. The minimum atomic E-state index is -0.779. The van der Waals surface area contributed by atoms with Gasteiger partial charge in [0.25, 0.3) is 0 Å². The fourth-order valence-electron chi connectivity index (χ4n) is 11.4. The molecule has 0 rings (SSSR count). The van der Waals surface area contributed by atoms with Gasteiger partial charge in [0.1, 0.15) is 6.61 Å². The maximum Gasteiger partial charge on any atom is 0.306 e. The van der Waals surface area contributed by atoms with Gasteiger partial charge in [-0.15, -0.1) is 0 Å². The Balaban J connectivity index is 3.44. The van der Waals surface area contributed by atoms with Crippen molar-refractivity contribution in [3.63, 3.8) is 0 Å². The Morgan fingerprint density at radius 3 is 0.638 bits per heavy atom. The highest BCUT2D eigenvalue weighted by molar-refractivity contribution is 5.70. The molecular weight excluding hydrogens is 1150 g/mol. The first-order valence-corrected chi connectivity index (χ1v) is 40.0. The molecule has 5 heteroatoms. The molecule has 0 heterocycles. The average molecular weight is 1300 g/mol. The summed E-state index contributed by atoms with van der Waals surface area (Å²) in [5.41, 5.74) is 0. The van der Waals surface area contributed by atoms with Crippen LogP contribution < -0.4 is 0 Å². The van der Waals surface area contributed by atoms with Crippen molar-refractivity contribution in [3.8, 4) is 0 Å². The van der Waals surface area contributed by atoms with Crippen LogP contribution in [0.3, 0.4) is 0 Å². The van der Waals surface area contributed by atoms with Crippen molar-refractivity contribution in [2.45, 2.75) is 380 Å². The van der Waals surface area contributed by atoms with Gasteiger partial charge in [0.2, 0.25) is 0 Å². The summed E-state index contributed by atoms with van der Waals surface area (Å²) in [5.74, 6) is -0.577. The van der Waals surface area contributed by atoms with Gasteiger partial charge in [0.15, 0.2) is 6.10 Å². The highest BCUT2D eigenvalue weighted by Gasteiger charge is 2.16. The fraction of sp³-hybridized carbons (Fsp3) is 0.685. The summed E-state index contributed by atoms with van der Waals surface area (Å²) in [5, 5.41) is 9.74. The Labute approximate surface area is 583 Å². The monoisotopic (exact) mass is 1300 g/mol. The Morgan fingerprint density at radius 1 is 0.245 bits per heavy atom. The molecule has 5 nitrogen and oxygen atoms in total. The summed E-state index contributed by atoms with van der Waals surface area (Å²) in [6.07, 6.45) is 126. The number of hydrogen-bond acceptors (Lipinski definition) is 5. The number of carbonyl (C=O) groups is 2. The number of hydrogen-bond donors (Lipinski definition) is 1. The van der Waals surface area contributed by atoms with Gasteiger partial charge in [-0.25, -0.2) is 0 Å². The molecule has 94 heavy (non-hydrogen) atoms. The van der Waals surface area contributed by atoms with E-state index < -0.39 is 6.10 Å². The first-order valence-electron chi connectivity index (χ1n) is 40.0. The van der Waals surface area contributed by atoms with Crippen LogP contribution in [-0.2, 0) is 19.1 Å². The van der Waals surface area contributed by atoms with E-state index in [1.807, 2.05) is 0 Å². The molecule has 1 atom stereocenters. The second kappa shape index (κ2) is 82.7. The molecule has 0 radical (unpaired) electrons. The summed E-state index contributed by atoms with van der Waals surface area (Å²) in [6.45, 7) is 3.94. The number of esters is 2. The van der Waals surface area contributed by atoms with Crippen molar-refractivity contribution < 1.29 is 24.2 Å². The van der Waals surface area contributed by atoms with E-state index in [1.165, 1.54) is 225 Å². The first-order chi connectivity index (χ1) is 46.6. The van der Waals surface area contributed by atoms with Crippen molar-refractivity contribution in [1.82, 2.24) is 0 Å². The Bertz CT molecular complexity index is 1960. The lowest BCUT2D eigenvalue weighted by Crippen LogP contribution is -2.28. The molecule has 536 valence electrons. The van der Waals surface area contributed by atoms with Gasteiger partial charge in [0.05, 0.1) is 6.61 Å². The van der Waals surface area contributed by atoms with Crippen molar-refractivity contribution in [2.75, 3.05) is 13.2 Å². The van der Waals surface area contributed by atoms with Crippen LogP contribution in [0.1, 0.15) is 373 Å². The van der Waals surface area contributed by atoms with Gasteiger partial charge >= 0.3 is 11.9 Å². The molecule has 0 saturated heterocycles. The van der Waals surface area contributed by atoms with Crippen LogP contribution in [0.4, 0.5) is 0 Å². The zero-order valence-electron chi connectivity index (χ0n) is 61.7. The number of ether oxygens (including phenoxy) is 2. The molecule has 0 aromatic carbocycles. The van der Waals surface area contributed by atoms with Crippen LogP contribution in [-0.4, -0.2) is 36.4 Å². The second-order valence-corrected chi connectivity index (χ2v) is 26.4. The van der Waals surface area contributed by atoms with Gasteiger partial charge < -0.3 is 14.6 Å². The van der Waals surface area contributed by atoms with E-state index in [4.69, 9.17) is 9.47 Å². The Kier molecular flexibility index (Phi) is 78.8. The predicted molar refractivity (Wildman–Crippen MR) is 417 cm³/mol. The third kappa shape index (κ3) is 80.0. The molecule has 0 aromatic heterocycles. The topological polar surface area (TPSA) is 72.8 Å². The summed E-state index contributed by atoms with van der Waals surface area (Å²) in [4.78, 5) is 24.7. The minimum absolute atomic E-state index is 0.0666. The molecule has 0 bridgehead atoms. The van der Waals surface area contributed by atoms with Crippen molar-refractivity contribution in [2.24, 2.45) is 0 Å². The van der Waals surface area contributed by atoms with Gasteiger partial charge in [-0.05, 0) is 122 Å². The predicted octanol–water partition coefficient (Wildman–Crippen LogP) is 28.5. The minimum Gasteiger partial charge on any atom is -0.462 e. The van der Waals surface area contributed by atoms with Crippen LogP contribution in [0, 0.1) is 0 Å². The molecule has 0 aromatic rings. The van der Waals surface area contributed by atoms with E-state index in [-0.39, 0.29) is 25.2 Å². The molecule has 1 N–H and O–H groups in total. The molecule has 0 fully saturated rings. The molecular formula is C89H150O5. The van der Waals surface area contributed by atoms with E-state index >= 15 is 0 Å². The standard InChI is InChI=1S/C89H150O5/c1-3-5-7-9-11-13-15-17-19-21-23-25-27-29-31-33-35-37-39-41-43-44-46-48-50-52-54-56-58-60-62-64-66-68-70-72-74-76-78-80-82-84-89(92)94-87(85-90)86-93-88(91)83-81-79-77-75-73-71-69-67-65-63-61-59-57-55-53-51-49-47-45-42-40-38-36-34-32-30-28-26-24-22-20-18-16-14-12-10-8-6-4-2/h5-8,11-14,17-20,23-26,29-32,35-38,41,43,87,90H,3-4,9-10,15-16,21-22,27-28,33-34,39-40,42,44-86H2,1-2H3/b7-5-,8-6-,13-11-,14-12-,19-17-,20-18-,25-23-,26-24-,31-29-,32-30-,37-35-,38-36-,43-41-. The molecule has 0 spiro atoms. The van der Waals surface area contributed by atoms with Crippen LogP contribution in [0.25, 0.3) is 0 Å². The van der Waals surface area contributed by atoms with Crippen molar-refractivity contribution >= 4 is 11.9 Å². The van der Waals surface area contributed by atoms with Crippen molar-refractivity contribution in [3.05, 3.63) is 158 Å². The van der Waals surface area contributed by atoms with Crippen molar-refractivity contribution in [1.29, 1.82) is 0 Å². The quantitative estimate of drug-likeness (QED) is 0.0373. The number of aliphatic hydroxyl groups is 1. The van der Waals surface area contributed by atoms with E-state index in [9.17, 15) is 14.7 Å². The normalized spacial score (nSPS) is 13.1. The van der Waals surface area contributed by atoms with Gasteiger partial charge in [-0.1, -0.05) is 397 Å². The number of rotatable bonds is 73. The third-order valence-corrected chi connectivity index (χ3v) is 17.3. The van der Waals surface area contributed by atoms with Crippen LogP contribution in [0.2, 0.25) is 0 Å². The lowest BCUT2D eigenvalue weighted by molar-refractivity contribution is -0.161. The van der Waals surface area contributed by atoms with Crippen LogP contribution >= 0.6 is 0 Å². The zero-order valence-corrected chi connectivity index (χ0v) is 61.7. The van der Waals surface area contributed by atoms with E-state index in [0.29, 0.717) is 12.8 Å². The maximum atomic E-state index is 12.4. The highest BCUT2D eigenvalue weighted by atomic mass is 16.6. The lowest BCUT2D eigenvalue weighted by Gasteiger charge is -2.15. The van der Waals surface area contributed by atoms with Crippen LogP contribution in [0.15, 0.2) is 158 Å². The molecule has 0 aliphatic heterocycles. The molecule has 0 aliphatic carbocycles. The third-order valence-electron chi connectivity index (χ3n) is 17.3. The maximum absolute atomic E-state index is 12.4. The lowest BCUT2D eigenvalue weighted by atomic mass is 10.0. The number of unbranched alkanes of at least 4 members (excludes halogenated alkanes) is 39. The van der Waals surface area contributed by atoms with Gasteiger partial charge in [0, 0.05) is 12.8 Å². The fourth-order valence-corrected chi connectivity index (χ4v) is 11.4. The Morgan fingerprint density at radius 2 is 0.426 bits per heavy atom. The summed E-state index contributed by atoms with van der Waals surface area (Å²) >= 11 is 0. The molecule has 0 aliphatic rings. The molecule has 1 unspecified atom stereocenters.